The summed E-state index contributed by atoms with van der Waals surface area (Å²) in [4.78, 5) is 13.4. The minimum absolute atomic E-state index is 0.0931. The molecule has 5 rings (SSSR count). The highest BCUT2D eigenvalue weighted by molar-refractivity contribution is 5.82. The van der Waals surface area contributed by atoms with Gasteiger partial charge in [-0.2, -0.15) is 10.4 Å². The van der Waals surface area contributed by atoms with Crippen molar-refractivity contribution in [1.82, 2.24) is 9.78 Å². The lowest BCUT2D eigenvalue weighted by molar-refractivity contribution is -0.133. The monoisotopic (exact) mass is 423 g/mol. The Morgan fingerprint density at radius 1 is 1.23 bits per heavy atom. The number of fused-ring (bicyclic) bond motifs is 5. The van der Waals surface area contributed by atoms with Gasteiger partial charge in [-0.1, -0.05) is 13.8 Å². The number of nitrogens with zero attached hydrogens (tertiary/aromatic N) is 3. The molecular weight excluding hydrogens is 386 g/mol. The lowest BCUT2D eigenvalue weighted by Gasteiger charge is -2.57. The molecule has 0 spiro atoms. The smallest absolute Gasteiger partial charge is 0.157 e. The maximum Gasteiger partial charge on any atom is 0.157 e. The summed E-state index contributed by atoms with van der Waals surface area (Å²) in [6.07, 6.45) is 12.3. The van der Waals surface area contributed by atoms with Crippen LogP contribution in [0, 0.1) is 58.2 Å². The number of ketones is 1. The highest BCUT2D eigenvalue weighted by Crippen LogP contribution is 2.66. The van der Waals surface area contributed by atoms with Crippen LogP contribution in [0.25, 0.3) is 0 Å². The second-order valence-corrected chi connectivity index (χ2v) is 11.9. The molecule has 0 saturated heterocycles. The lowest BCUT2D eigenvalue weighted by Crippen LogP contribution is -2.51. The minimum Gasteiger partial charge on any atom is -0.390 e. The van der Waals surface area contributed by atoms with E-state index in [1.165, 1.54) is 25.7 Å². The van der Waals surface area contributed by atoms with E-state index in [4.69, 9.17) is 5.26 Å². The molecule has 0 bridgehead atoms. The number of hydrogen-bond donors (Lipinski definition) is 1. The summed E-state index contributed by atoms with van der Waals surface area (Å²) in [7, 11) is 0. The molecule has 9 atom stereocenters. The van der Waals surface area contributed by atoms with Crippen molar-refractivity contribution in [2.75, 3.05) is 0 Å². The Kier molecular flexibility index (Phi) is 5.09. The molecular formula is C26H37N3O2. The molecule has 1 unspecified atom stereocenters. The van der Waals surface area contributed by atoms with E-state index in [2.05, 4.69) is 25.0 Å². The van der Waals surface area contributed by atoms with Crippen LogP contribution in [-0.2, 0) is 11.3 Å². The maximum absolute atomic E-state index is 13.4. The number of carbonyl (C=O) groups is 1. The molecule has 31 heavy (non-hydrogen) atoms. The summed E-state index contributed by atoms with van der Waals surface area (Å²) >= 11 is 0. The first-order valence-electron chi connectivity index (χ1n) is 12.4. The molecule has 168 valence electrons. The van der Waals surface area contributed by atoms with Gasteiger partial charge in [0.15, 0.2) is 5.78 Å². The fourth-order valence-corrected chi connectivity index (χ4v) is 8.90. The molecule has 5 heteroatoms. The normalized spacial score (nSPS) is 46.5. The van der Waals surface area contributed by atoms with E-state index in [1.807, 2.05) is 6.92 Å². The Morgan fingerprint density at radius 3 is 2.74 bits per heavy atom. The fraction of sp³-hybridized carbons (Fsp3) is 0.808. The topological polar surface area (TPSA) is 78.9 Å². The van der Waals surface area contributed by atoms with E-state index < -0.39 is 5.60 Å². The van der Waals surface area contributed by atoms with Gasteiger partial charge in [-0.3, -0.25) is 9.48 Å². The molecule has 1 N–H and O–H groups in total. The Labute approximate surface area is 186 Å². The number of carbonyl (C=O) groups excluding carboxylic acids is 1. The number of rotatable bonds is 3. The summed E-state index contributed by atoms with van der Waals surface area (Å²) < 4.78 is 1.65. The van der Waals surface area contributed by atoms with E-state index in [-0.39, 0.29) is 17.9 Å². The average Bonchev–Trinajstić information content (AvgIpc) is 3.28. The van der Waals surface area contributed by atoms with Gasteiger partial charge in [-0.15, -0.1) is 0 Å². The Hall–Kier alpha value is -1.67. The molecule has 0 aromatic carbocycles. The van der Waals surface area contributed by atoms with Crippen molar-refractivity contribution in [3.63, 3.8) is 0 Å². The Morgan fingerprint density at radius 2 is 2.00 bits per heavy atom. The zero-order valence-corrected chi connectivity index (χ0v) is 19.3. The van der Waals surface area contributed by atoms with Crippen LogP contribution in [0.3, 0.4) is 0 Å². The van der Waals surface area contributed by atoms with Gasteiger partial charge in [-0.25, -0.2) is 0 Å². The third-order valence-corrected chi connectivity index (χ3v) is 10.0. The highest BCUT2D eigenvalue weighted by Gasteiger charge is 2.60. The van der Waals surface area contributed by atoms with Gasteiger partial charge in [-0.05, 0) is 99.2 Å². The summed E-state index contributed by atoms with van der Waals surface area (Å²) in [6, 6.07) is 2.10. The lowest BCUT2D eigenvalue weighted by atomic mass is 9.48. The van der Waals surface area contributed by atoms with Gasteiger partial charge < -0.3 is 5.11 Å². The van der Waals surface area contributed by atoms with Crippen LogP contribution in [0.2, 0.25) is 0 Å². The zero-order valence-electron chi connectivity index (χ0n) is 19.3. The van der Waals surface area contributed by atoms with Gasteiger partial charge >= 0.3 is 0 Å². The van der Waals surface area contributed by atoms with Gasteiger partial charge in [0.1, 0.15) is 6.07 Å². The van der Waals surface area contributed by atoms with Crippen LogP contribution >= 0.6 is 0 Å². The molecule has 0 radical (unpaired) electrons. The van der Waals surface area contributed by atoms with E-state index in [0.717, 1.165) is 43.4 Å². The van der Waals surface area contributed by atoms with Crippen molar-refractivity contribution in [1.29, 1.82) is 5.26 Å². The van der Waals surface area contributed by atoms with Crippen molar-refractivity contribution in [3.8, 4) is 6.07 Å². The van der Waals surface area contributed by atoms with E-state index in [1.54, 1.807) is 17.1 Å². The highest BCUT2D eigenvalue weighted by atomic mass is 16.3. The number of nitriles is 1. The minimum atomic E-state index is -0.465. The summed E-state index contributed by atoms with van der Waals surface area (Å²) in [5.74, 6) is 4.62. The summed E-state index contributed by atoms with van der Waals surface area (Å²) in [5.41, 5.74) is 0.142. The molecule has 1 aromatic rings. The third-order valence-electron chi connectivity index (χ3n) is 10.0. The first-order chi connectivity index (χ1) is 14.7. The number of hydrogen-bond acceptors (Lipinski definition) is 4. The molecule has 0 aliphatic heterocycles. The van der Waals surface area contributed by atoms with Crippen molar-refractivity contribution in [2.45, 2.75) is 84.3 Å². The van der Waals surface area contributed by atoms with Crippen molar-refractivity contribution < 1.29 is 9.90 Å². The predicted octanol–water partition coefficient (Wildman–Crippen LogP) is 4.59. The number of aromatic nitrogens is 2. The standard InChI is InChI=1S/C26H37N3O2/c1-16-10-22(23(30)15-29-14-17(12-27)13-28-29)26(3)9-7-20-19-6-8-25(2,31)11-18(19)4-5-21(20)24(16)26/h13-14,16,18-22,24,31H,4-11,15H2,1-3H3/t16-,18+,19+,20-,21-,22?,24+,25-,26-/m1/s1. The van der Waals surface area contributed by atoms with Crippen LogP contribution < -0.4 is 0 Å². The number of aliphatic hydroxyl groups is 1. The van der Waals surface area contributed by atoms with E-state index >= 15 is 0 Å². The SMILES string of the molecule is C[C@@H]1CC(C(=O)Cn2cc(C#N)cn2)[C@@]2(C)CC[C@H]3[C@@H](CC[C@H]4C[C@](C)(O)CC[C@@H]43)[C@H]12. The fourth-order valence-electron chi connectivity index (χ4n) is 8.90. The van der Waals surface area contributed by atoms with Crippen LogP contribution in [0.1, 0.15) is 77.7 Å². The van der Waals surface area contributed by atoms with Crippen LogP contribution in [0.4, 0.5) is 0 Å². The summed E-state index contributed by atoms with van der Waals surface area (Å²) in [5, 5.41) is 23.9. The van der Waals surface area contributed by atoms with Crippen LogP contribution in [0.5, 0.6) is 0 Å². The molecule has 0 amide bonds. The second kappa shape index (κ2) is 7.44. The molecule has 4 aliphatic rings. The second-order valence-electron chi connectivity index (χ2n) is 11.9. The first-order valence-corrected chi connectivity index (χ1v) is 12.4. The van der Waals surface area contributed by atoms with Gasteiger partial charge in [0.2, 0.25) is 0 Å². The quantitative estimate of drug-likeness (QED) is 0.771. The van der Waals surface area contributed by atoms with Gasteiger partial charge in [0, 0.05) is 12.1 Å². The largest absolute Gasteiger partial charge is 0.390 e. The van der Waals surface area contributed by atoms with Crippen LogP contribution in [-0.4, -0.2) is 26.3 Å². The molecule has 4 fully saturated rings. The van der Waals surface area contributed by atoms with Crippen LogP contribution in [0.15, 0.2) is 12.4 Å². The molecule has 1 heterocycles. The van der Waals surface area contributed by atoms with E-state index in [0.29, 0.717) is 29.1 Å². The van der Waals surface area contributed by atoms with Crippen molar-refractivity contribution in [2.24, 2.45) is 46.8 Å². The summed E-state index contributed by atoms with van der Waals surface area (Å²) in [6.45, 7) is 7.11. The first kappa shape index (κ1) is 21.2. The van der Waals surface area contributed by atoms with Gasteiger partial charge in [0.05, 0.1) is 23.9 Å². The molecule has 4 aliphatic carbocycles. The van der Waals surface area contributed by atoms with E-state index in [9.17, 15) is 9.90 Å². The number of Topliss-reactive ketones (excluding diaryl/α,β-unsaturated/α-hetero) is 1. The Balaban J connectivity index is 1.34. The molecule has 1 aromatic heterocycles. The average molecular weight is 424 g/mol. The van der Waals surface area contributed by atoms with Crippen molar-refractivity contribution >= 4 is 5.78 Å². The van der Waals surface area contributed by atoms with Crippen molar-refractivity contribution in [3.05, 3.63) is 18.0 Å². The maximum atomic E-state index is 13.4. The van der Waals surface area contributed by atoms with Gasteiger partial charge in [0.25, 0.3) is 0 Å². The Bertz CT molecular complexity index is 899. The zero-order chi connectivity index (χ0) is 22.0. The molecule has 5 nitrogen and oxygen atoms in total. The molecule has 4 saturated carbocycles. The predicted molar refractivity (Wildman–Crippen MR) is 118 cm³/mol. The third kappa shape index (κ3) is 3.46.